The summed E-state index contributed by atoms with van der Waals surface area (Å²) >= 11 is 6.34. The summed E-state index contributed by atoms with van der Waals surface area (Å²) in [6.45, 7) is 3.57. The Labute approximate surface area is 223 Å². The van der Waals surface area contributed by atoms with Crippen LogP contribution in [0.3, 0.4) is 0 Å². The van der Waals surface area contributed by atoms with Gasteiger partial charge in [-0.1, -0.05) is 54.9 Å². The van der Waals surface area contributed by atoms with Crippen molar-refractivity contribution in [2.24, 2.45) is 13.0 Å². The summed E-state index contributed by atoms with van der Waals surface area (Å²) in [5, 5.41) is 0.511. The van der Waals surface area contributed by atoms with Gasteiger partial charge in [-0.05, 0) is 53.9 Å². The number of hydrogen-bond donors (Lipinski definition) is 0. The van der Waals surface area contributed by atoms with Crippen molar-refractivity contribution in [1.82, 2.24) is 18.7 Å². The molecule has 192 valence electrons. The third-order valence-electron chi connectivity index (χ3n) is 6.86. The third-order valence-corrected chi connectivity index (χ3v) is 7.22. The fourth-order valence-corrected chi connectivity index (χ4v) is 5.17. The minimum absolute atomic E-state index is 0.0871. The second-order valence-electron chi connectivity index (χ2n) is 9.64. The summed E-state index contributed by atoms with van der Waals surface area (Å²) in [4.78, 5) is 33.9. The zero-order chi connectivity index (χ0) is 26.4. The standard InChI is InChI=1S/C29H26ClN5O3/c1-19-16-33(21-12-14-23(15-13-21)38-22-9-4-3-5-10-22)28-31-26-25(34(28)17-19)27(36)35(29(37)32(26)2)18-20-8-6-7-11-24(20)30/h3-15,19H,16-18H2,1-2H3. The Morgan fingerprint density at radius 1 is 0.921 bits per heavy atom. The molecule has 3 heterocycles. The number of benzene rings is 3. The fourth-order valence-electron chi connectivity index (χ4n) is 4.98. The Morgan fingerprint density at radius 3 is 2.34 bits per heavy atom. The van der Waals surface area contributed by atoms with Gasteiger partial charge in [-0.25, -0.2) is 4.79 Å². The van der Waals surface area contributed by atoms with Crippen LogP contribution >= 0.6 is 11.6 Å². The molecular formula is C29H26ClN5O3. The van der Waals surface area contributed by atoms with E-state index in [1.54, 1.807) is 13.1 Å². The lowest BCUT2D eigenvalue weighted by molar-refractivity contribution is 0.457. The topological polar surface area (TPSA) is 74.3 Å². The largest absolute Gasteiger partial charge is 0.457 e. The first-order valence-corrected chi connectivity index (χ1v) is 12.8. The van der Waals surface area contributed by atoms with Crippen LogP contribution in [-0.4, -0.2) is 25.2 Å². The highest BCUT2D eigenvalue weighted by molar-refractivity contribution is 6.31. The maximum Gasteiger partial charge on any atom is 0.332 e. The molecule has 9 heteroatoms. The quantitative estimate of drug-likeness (QED) is 0.315. The molecule has 0 fully saturated rings. The summed E-state index contributed by atoms with van der Waals surface area (Å²) in [7, 11) is 1.65. The molecule has 0 saturated heterocycles. The summed E-state index contributed by atoms with van der Waals surface area (Å²) in [6.07, 6.45) is 0. The van der Waals surface area contributed by atoms with E-state index in [-0.39, 0.29) is 18.0 Å². The highest BCUT2D eigenvalue weighted by Gasteiger charge is 2.30. The van der Waals surface area contributed by atoms with E-state index < -0.39 is 5.69 Å². The Hall–Kier alpha value is -4.30. The number of rotatable bonds is 5. The van der Waals surface area contributed by atoms with Crippen molar-refractivity contribution in [3.8, 4) is 11.5 Å². The molecule has 0 amide bonds. The zero-order valence-electron chi connectivity index (χ0n) is 21.0. The van der Waals surface area contributed by atoms with E-state index in [4.69, 9.17) is 21.3 Å². The second kappa shape index (κ2) is 9.54. The van der Waals surface area contributed by atoms with Crippen molar-refractivity contribution in [3.63, 3.8) is 0 Å². The smallest absolute Gasteiger partial charge is 0.332 e. The number of hydrogen-bond acceptors (Lipinski definition) is 5. The molecule has 0 bridgehead atoms. The van der Waals surface area contributed by atoms with E-state index in [0.29, 0.717) is 34.2 Å². The van der Waals surface area contributed by atoms with Gasteiger partial charge in [0.1, 0.15) is 11.5 Å². The number of imidazole rings is 1. The highest BCUT2D eigenvalue weighted by atomic mass is 35.5. The van der Waals surface area contributed by atoms with Gasteiger partial charge in [0.2, 0.25) is 5.95 Å². The first-order valence-electron chi connectivity index (χ1n) is 12.4. The summed E-state index contributed by atoms with van der Waals surface area (Å²) in [6, 6.07) is 24.6. The number of fused-ring (bicyclic) bond motifs is 3. The minimum Gasteiger partial charge on any atom is -0.457 e. The van der Waals surface area contributed by atoms with Crippen molar-refractivity contribution in [2.45, 2.75) is 20.0 Å². The van der Waals surface area contributed by atoms with Crippen molar-refractivity contribution in [1.29, 1.82) is 0 Å². The van der Waals surface area contributed by atoms with Gasteiger partial charge in [0.15, 0.2) is 11.2 Å². The van der Waals surface area contributed by atoms with Gasteiger partial charge in [0.25, 0.3) is 5.56 Å². The predicted octanol–water partition coefficient (Wildman–Crippen LogP) is 5.18. The van der Waals surface area contributed by atoms with E-state index in [1.165, 1.54) is 9.13 Å². The lowest BCUT2D eigenvalue weighted by Gasteiger charge is -2.33. The summed E-state index contributed by atoms with van der Waals surface area (Å²) < 4.78 is 10.6. The Kier molecular flexibility index (Phi) is 6.04. The zero-order valence-corrected chi connectivity index (χ0v) is 21.8. The molecule has 1 aliphatic heterocycles. The Bertz CT molecular complexity index is 1760. The molecule has 2 aromatic heterocycles. The first-order chi connectivity index (χ1) is 18.4. The number of aromatic nitrogens is 4. The molecule has 0 spiro atoms. The fraction of sp³-hybridized carbons (Fsp3) is 0.207. The van der Waals surface area contributed by atoms with Crippen LogP contribution in [0.2, 0.25) is 5.02 Å². The van der Waals surface area contributed by atoms with Crippen LogP contribution in [0, 0.1) is 5.92 Å². The van der Waals surface area contributed by atoms with Crippen LogP contribution in [0.15, 0.2) is 88.5 Å². The highest BCUT2D eigenvalue weighted by Crippen LogP contribution is 2.34. The first kappa shape index (κ1) is 24.1. The molecule has 0 aliphatic carbocycles. The maximum absolute atomic E-state index is 13.7. The van der Waals surface area contributed by atoms with Gasteiger partial charge < -0.3 is 14.2 Å². The number of para-hydroxylation sites is 1. The van der Waals surface area contributed by atoms with Crippen LogP contribution < -0.4 is 20.9 Å². The number of aryl methyl sites for hydroxylation is 1. The van der Waals surface area contributed by atoms with Gasteiger partial charge in [0.05, 0.1) is 6.54 Å². The lowest BCUT2D eigenvalue weighted by atomic mass is 10.1. The number of anilines is 2. The SMILES string of the molecule is CC1CN(c2ccc(Oc3ccccc3)cc2)c2nc3c(c(=O)n(Cc4ccccc4Cl)c(=O)n3C)n2C1. The van der Waals surface area contributed by atoms with Crippen molar-refractivity contribution >= 4 is 34.4 Å². The molecule has 0 saturated carbocycles. The van der Waals surface area contributed by atoms with Crippen LogP contribution in [-0.2, 0) is 20.1 Å². The van der Waals surface area contributed by atoms with Gasteiger partial charge >= 0.3 is 5.69 Å². The second-order valence-corrected chi connectivity index (χ2v) is 10.1. The van der Waals surface area contributed by atoms with Crippen LogP contribution in [0.1, 0.15) is 12.5 Å². The molecule has 5 aromatic rings. The van der Waals surface area contributed by atoms with Crippen LogP contribution in [0.4, 0.5) is 11.6 Å². The molecule has 1 unspecified atom stereocenters. The van der Waals surface area contributed by atoms with Crippen LogP contribution in [0.25, 0.3) is 11.2 Å². The number of halogens is 1. The molecule has 38 heavy (non-hydrogen) atoms. The monoisotopic (exact) mass is 527 g/mol. The van der Waals surface area contributed by atoms with Crippen molar-refractivity contribution in [2.75, 3.05) is 11.4 Å². The molecule has 6 rings (SSSR count). The molecule has 0 N–H and O–H groups in total. The van der Waals surface area contributed by atoms with Crippen molar-refractivity contribution < 1.29 is 4.74 Å². The van der Waals surface area contributed by atoms with Gasteiger partial charge in [-0.2, -0.15) is 4.98 Å². The maximum atomic E-state index is 13.7. The number of nitrogens with zero attached hydrogens (tertiary/aromatic N) is 5. The average Bonchev–Trinajstić information content (AvgIpc) is 3.31. The van der Waals surface area contributed by atoms with Gasteiger partial charge in [-0.15, -0.1) is 0 Å². The van der Waals surface area contributed by atoms with E-state index in [0.717, 1.165) is 23.7 Å². The molecule has 1 atom stereocenters. The molecular weight excluding hydrogens is 502 g/mol. The molecule has 8 nitrogen and oxygen atoms in total. The summed E-state index contributed by atoms with van der Waals surface area (Å²) in [5.74, 6) is 2.37. The molecule has 1 aliphatic rings. The average molecular weight is 528 g/mol. The predicted molar refractivity (Wildman–Crippen MR) is 149 cm³/mol. The molecule has 0 radical (unpaired) electrons. The lowest BCUT2D eigenvalue weighted by Crippen LogP contribution is -2.40. The van der Waals surface area contributed by atoms with E-state index in [9.17, 15) is 9.59 Å². The Morgan fingerprint density at radius 2 is 1.61 bits per heavy atom. The normalized spacial score (nSPS) is 15.0. The van der Waals surface area contributed by atoms with Crippen LogP contribution in [0.5, 0.6) is 11.5 Å². The van der Waals surface area contributed by atoms with E-state index in [2.05, 4.69) is 11.8 Å². The summed E-state index contributed by atoms with van der Waals surface area (Å²) in [5.41, 5.74) is 1.61. The van der Waals surface area contributed by atoms with E-state index >= 15 is 0 Å². The minimum atomic E-state index is -0.431. The number of ether oxygens (including phenoxy) is 1. The van der Waals surface area contributed by atoms with E-state index in [1.807, 2.05) is 77.4 Å². The Balaban J connectivity index is 1.42. The molecule has 3 aromatic carbocycles. The van der Waals surface area contributed by atoms with Gasteiger partial charge in [-0.3, -0.25) is 13.9 Å². The van der Waals surface area contributed by atoms with Gasteiger partial charge in [0, 0.05) is 30.8 Å². The third kappa shape index (κ3) is 4.16. The van der Waals surface area contributed by atoms with Crippen molar-refractivity contribution in [3.05, 3.63) is 110 Å².